The first-order valence-electron chi connectivity index (χ1n) is 10.3. The summed E-state index contributed by atoms with van der Waals surface area (Å²) in [6.45, 7) is 12.0. The van der Waals surface area contributed by atoms with Crippen LogP contribution in [0.15, 0.2) is 29.3 Å². The van der Waals surface area contributed by atoms with E-state index in [2.05, 4.69) is 65.8 Å². The summed E-state index contributed by atoms with van der Waals surface area (Å²) in [7, 11) is 0. The summed E-state index contributed by atoms with van der Waals surface area (Å²) in [5.41, 5.74) is 1.76. The summed E-state index contributed by atoms with van der Waals surface area (Å²) in [5, 5.41) is 9.05. The molecule has 1 aliphatic rings. The minimum Gasteiger partial charge on any atom is -0.352 e. The Kier molecular flexibility index (Phi) is 4.88. The Morgan fingerprint density at radius 1 is 1.24 bits per heavy atom. The van der Waals surface area contributed by atoms with E-state index in [0.29, 0.717) is 18.2 Å². The van der Waals surface area contributed by atoms with E-state index in [1.54, 1.807) is 21.6 Å². The third kappa shape index (κ3) is 3.75. The molecule has 0 spiro atoms. The van der Waals surface area contributed by atoms with Crippen LogP contribution in [-0.4, -0.2) is 41.9 Å². The van der Waals surface area contributed by atoms with Crippen LogP contribution in [0.1, 0.15) is 64.8 Å². The summed E-state index contributed by atoms with van der Waals surface area (Å²) in [6, 6.07) is 5.74. The van der Waals surface area contributed by atoms with Gasteiger partial charge in [0, 0.05) is 24.1 Å². The van der Waals surface area contributed by atoms with Gasteiger partial charge in [-0.3, -0.25) is 4.79 Å². The molecule has 1 fully saturated rings. The molecule has 1 atom stereocenters. The van der Waals surface area contributed by atoms with Gasteiger partial charge in [0.05, 0.1) is 24.0 Å². The molecule has 0 N–H and O–H groups in total. The lowest BCUT2D eigenvalue weighted by Gasteiger charge is -2.28. The Hall–Kier alpha value is -2.77. The zero-order valence-electron chi connectivity index (χ0n) is 17.8. The average molecular weight is 396 g/mol. The van der Waals surface area contributed by atoms with Crippen molar-refractivity contribution in [2.75, 3.05) is 11.4 Å². The van der Waals surface area contributed by atoms with Crippen molar-refractivity contribution in [2.24, 2.45) is 0 Å². The van der Waals surface area contributed by atoms with Gasteiger partial charge in [-0.05, 0) is 24.8 Å². The van der Waals surface area contributed by atoms with Crippen molar-refractivity contribution in [3.63, 3.8) is 0 Å². The van der Waals surface area contributed by atoms with E-state index < -0.39 is 0 Å². The maximum Gasteiger partial charge on any atom is 0.266 e. The van der Waals surface area contributed by atoms with Gasteiger partial charge in [0.1, 0.15) is 12.1 Å². The van der Waals surface area contributed by atoms with Gasteiger partial charge < -0.3 is 4.90 Å². The predicted octanol–water partition coefficient (Wildman–Crippen LogP) is 2.77. The second kappa shape index (κ2) is 7.24. The van der Waals surface area contributed by atoms with Crippen LogP contribution in [0.25, 0.3) is 5.78 Å². The lowest BCUT2D eigenvalue weighted by Crippen LogP contribution is -2.38. The van der Waals surface area contributed by atoms with Gasteiger partial charge >= 0.3 is 0 Å². The van der Waals surface area contributed by atoms with Crippen LogP contribution in [0, 0.1) is 0 Å². The standard InChI is InChI=1S/C21H29N7O/c1-14(2)16-11-18(28-20(24-16)22-13-23-28)26-10-6-7-15(26)12-27-19(29)9-8-17(25-27)21(3,4)5/h8-9,11,13-15H,6-7,10,12H2,1-5H3. The second-order valence-corrected chi connectivity index (χ2v) is 9.14. The summed E-state index contributed by atoms with van der Waals surface area (Å²) in [4.78, 5) is 23.7. The monoisotopic (exact) mass is 395 g/mol. The maximum atomic E-state index is 12.5. The number of hydrogen-bond donors (Lipinski definition) is 0. The Labute approximate surface area is 170 Å². The number of rotatable bonds is 4. The smallest absolute Gasteiger partial charge is 0.266 e. The molecule has 4 heterocycles. The van der Waals surface area contributed by atoms with Crippen molar-refractivity contribution in [1.82, 2.24) is 29.4 Å². The highest BCUT2D eigenvalue weighted by atomic mass is 16.1. The van der Waals surface area contributed by atoms with Crippen LogP contribution < -0.4 is 10.5 Å². The van der Waals surface area contributed by atoms with Gasteiger partial charge in [-0.2, -0.15) is 19.7 Å². The highest BCUT2D eigenvalue weighted by molar-refractivity contribution is 5.49. The van der Waals surface area contributed by atoms with Gasteiger partial charge in [-0.25, -0.2) is 9.67 Å². The summed E-state index contributed by atoms with van der Waals surface area (Å²) >= 11 is 0. The van der Waals surface area contributed by atoms with Crippen LogP contribution in [0.4, 0.5) is 5.82 Å². The lowest BCUT2D eigenvalue weighted by molar-refractivity contribution is 0.455. The van der Waals surface area contributed by atoms with Crippen LogP contribution in [0.3, 0.4) is 0 Å². The molecule has 1 saturated heterocycles. The Morgan fingerprint density at radius 3 is 2.76 bits per heavy atom. The number of anilines is 1. The zero-order valence-corrected chi connectivity index (χ0v) is 17.8. The van der Waals surface area contributed by atoms with E-state index in [4.69, 9.17) is 0 Å². The van der Waals surface area contributed by atoms with E-state index in [1.807, 2.05) is 6.07 Å². The van der Waals surface area contributed by atoms with Crippen molar-refractivity contribution in [2.45, 2.75) is 71.4 Å². The van der Waals surface area contributed by atoms with Gasteiger partial charge in [-0.15, -0.1) is 0 Å². The number of aromatic nitrogens is 6. The molecular weight excluding hydrogens is 366 g/mol. The van der Waals surface area contributed by atoms with E-state index >= 15 is 0 Å². The van der Waals surface area contributed by atoms with Gasteiger partial charge in [0.15, 0.2) is 0 Å². The van der Waals surface area contributed by atoms with Gasteiger partial charge in [0.25, 0.3) is 11.3 Å². The molecule has 0 radical (unpaired) electrons. The molecule has 0 bridgehead atoms. The topological polar surface area (TPSA) is 81.2 Å². The SMILES string of the molecule is CC(C)c1cc(N2CCCC2Cn2nc(C(C)(C)C)ccc2=O)n2ncnc2n1. The molecule has 1 aliphatic heterocycles. The first kappa shape index (κ1) is 19.5. The molecule has 3 aromatic rings. The molecule has 1 unspecified atom stereocenters. The molecule has 0 saturated carbocycles. The average Bonchev–Trinajstić information content (AvgIpc) is 3.30. The molecule has 0 aliphatic carbocycles. The summed E-state index contributed by atoms with van der Waals surface area (Å²) in [5.74, 6) is 1.89. The number of nitrogens with zero attached hydrogens (tertiary/aromatic N) is 7. The fourth-order valence-electron chi connectivity index (χ4n) is 3.82. The summed E-state index contributed by atoms with van der Waals surface area (Å²) < 4.78 is 3.42. The first-order chi connectivity index (χ1) is 13.7. The third-order valence-corrected chi connectivity index (χ3v) is 5.53. The molecule has 8 heteroatoms. The first-order valence-corrected chi connectivity index (χ1v) is 10.3. The Balaban J connectivity index is 1.70. The molecule has 4 rings (SSSR count). The van der Waals surface area contributed by atoms with Crippen LogP contribution in [0.2, 0.25) is 0 Å². The van der Waals surface area contributed by atoms with E-state index in [9.17, 15) is 4.79 Å². The highest BCUT2D eigenvalue weighted by Gasteiger charge is 2.29. The second-order valence-electron chi connectivity index (χ2n) is 9.14. The summed E-state index contributed by atoms with van der Waals surface area (Å²) in [6.07, 6.45) is 3.61. The molecule has 0 aromatic carbocycles. The largest absolute Gasteiger partial charge is 0.352 e. The molecule has 29 heavy (non-hydrogen) atoms. The number of hydrogen-bond acceptors (Lipinski definition) is 6. The zero-order chi connectivity index (χ0) is 20.8. The molecule has 8 nitrogen and oxygen atoms in total. The fraction of sp³-hybridized carbons (Fsp3) is 0.571. The molecular formula is C21H29N7O. The fourth-order valence-corrected chi connectivity index (χ4v) is 3.82. The van der Waals surface area contributed by atoms with Crippen molar-refractivity contribution in [3.8, 4) is 0 Å². The molecule has 3 aromatic heterocycles. The Bertz CT molecular complexity index is 1080. The lowest BCUT2D eigenvalue weighted by atomic mass is 9.92. The minimum atomic E-state index is -0.102. The Morgan fingerprint density at radius 2 is 2.03 bits per heavy atom. The van der Waals surface area contributed by atoms with Crippen LogP contribution in [-0.2, 0) is 12.0 Å². The van der Waals surface area contributed by atoms with Crippen molar-refractivity contribution < 1.29 is 0 Å². The molecule has 154 valence electrons. The minimum absolute atomic E-state index is 0.0617. The van der Waals surface area contributed by atoms with Gasteiger partial charge in [0.2, 0.25) is 0 Å². The van der Waals surface area contributed by atoms with E-state index in [1.165, 1.54) is 0 Å². The third-order valence-electron chi connectivity index (χ3n) is 5.53. The van der Waals surface area contributed by atoms with E-state index in [-0.39, 0.29) is 17.0 Å². The highest BCUT2D eigenvalue weighted by Crippen LogP contribution is 2.28. The quantitative estimate of drug-likeness (QED) is 0.676. The van der Waals surface area contributed by atoms with Crippen LogP contribution in [0.5, 0.6) is 0 Å². The van der Waals surface area contributed by atoms with Crippen molar-refractivity contribution >= 4 is 11.6 Å². The van der Waals surface area contributed by atoms with Gasteiger partial charge in [-0.1, -0.05) is 34.6 Å². The molecule has 0 amide bonds. The van der Waals surface area contributed by atoms with Crippen LogP contribution >= 0.6 is 0 Å². The van der Waals surface area contributed by atoms with E-state index in [0.717, 1.165) is 36.6 Å². The van der Waals surface area contributed by atoms with Crippen molar-refractivity contribution in [3.05, 3.63) is 46.3 Å². The maximum absolute atomic E-state index is 12.5. The number of fused-ring (bicyclic) bond motifs is 1. The van der Waals surface area contributed by atoms with Crippen molar-refractivity contribution in [1.29, 1.82) is 0 Å². The predicted molar refractivity (Wildman–Crippen MR) is 112 cm³/mol. The normalized spacial score (nSPS) is 17.6.